The molecule has 0 heterocycles. The minimum Gasteiger partial charge on any atom is -0.393 e. The zero-order valence-corrected chi connectivity index (χ0v) is 17.2. The highest BCUT2D eigenvalue weighted by atomic mass is 32.2. The lowest BCUT2D eigenvalue weighted by atomic mass is 10.0. The fourth-order valence-corrected chi connectivity index (χ4v) is 3.75. The molecule has 0 bridgehead atoms. The molecule has 1 unspecified atom stereocenters. The average Bonchev–Trinajstić information content (AvgIpc) is 2.56. The predicted octanol–water partition coefficient (Wildman–Crippen LogP) is 5.89. The molecule has 0 rings (SSSR count). The van der Waals surface area contributed by atoms with Crippen LogP contribution in [0.15, 0.2) is 0 Å². The van der Waals surface area contributed by atoms with Crippen molar-refractivity contribution in [3.8, 4) is 0 Å². The van der Waals surface area contributed by atoms with E-state index in [1.54, 1.807) is 0 Å². The lowest BCUT2D eigenvalue weighted by Gasteiger charge is -2.09. The molecule has 0 spiro atoms. The summed E-state index contributed by atoms with van der Waals surface area (Å²) in [7, 11) is -3.94. The highest BCUT2D eigenvalue weighted by Crippen LogP contribution is 2.14. The summed E-state index contributed by atoms with van der Waals surface area (Å²) in [5.41, 5.74) is 0. The third-order valence-electron chi connectivity index (χ3n) is 4.85. The maximum atomic E-state index is 10.6. The summed E-state index contributed by atoms with van der Waals surface area (Å²) in [6.07, 6.45) is 19.8. The van der Waals surface area contributed by atoms with E-state index in [1.807, 2.05) is 0 Å². The molecule has 0 aromatic carbocycles. The number of unbranched alkanes of at least 4 members (excludes halogenated alkanes) is 14. The van der Waals surface area contributed by atoms with E-state index in [-0.39, 0.29) is 12.2 Å². The molecular weight excluding hydrogens is 336 g/mol. The minimum absolute atomic E-state index is 0.136. The molecule has 2 N–H and O–H groups in total. The molecule has 1 atom stereocenters. The van der Waals surface area contributed by atoms with E-state index in [1.165, 1.54) is 83.5 Å². The highest BCUT2D eigenvalue weighted by molar-refractivity contribution is 7.85. The third-order valence-corrected chi connectivity index (χ3v) is 5.60. The zero-order chi connectivity index (χ0) is 18.8. The predicted molar refractivity (Wildman–Crippen MR) is 107 cm³/mol. The molecule has 5 heteroatoms. The third kappa shape index (κ3) is 21.8. The summed E-state index contributed by atoms with van der Waals surface area (Å²) in [6, 6.07) is 0. The lowest BCUT2D eigenvalue weighted by molar-refractivity contribution is 0.156. The summed E-state index contributed by atoms with van der Waals surface area (Å²) >= 11 is 0. The molecular formula is C20H42O4S. The van der Waals surface area contributed by atoms with Crippen molar-refractivity contribution in [1.29, 1.82) is 0 Å². The standard InChI is InChI=1S/C20H42O4S/c1-2-3-4-5-6-7-8-9-10-11-12-13-14-15-16-17-20(21)18-19-25(22,23)24/h20-21H,2-19H2,1H3,(H,22,23,24). The molecule has 0 aromatic heterocycles. The van der Waals surface area contributed by atoms with Crippen LogP contribution >= 0.6 is 0 Å². The van der Waals surface area contributed by atoms with Gasteiger partial charge < -0.3 is 5.11 Å². The van der Waals surface area contributed by atoms with Gasteiger partial charge in [0.1, 0.15) is 0 Å². The minimum atomic E-state index is -3.94. The molecule has 0 aliphatic carbocycles. The Hall–Kier alpha value is -0.130. The molecule has 0 aliphatic heterocycles. The fraction of sp³-hybridized carbons (Fsp3) is 1.00. The van der Waals surface area contributed by atoms with Gasteiger partial charge in [0.05, 0.1) is 11.9 Å². The summed E-state index contributed by atoms with van der Waals surface area (Å²) < 4.78 is 29.8. The molecule has 25 heavy (non-hydrogen) atoms. The second-order valence-corrected chi connectivity index (χ2v) is 9.04. The van der Waals surface area contributed by atoms with Crippen LogP contribution in [-0.2, 0) is 10.1 Å². The van der Waals surface area contributed by atoms with Crippen LogP contribution in [0, 0.1) is 0 Å². The Morgan fingerprint density at radius 2 is 1.00 bits per heavy atom. The summed E-state index contributed by atoms with van der Waals surface area (Å²) in [4.78, 5) is 0. The van der Waals surface area contributed by atoms with Crippen LogP contribution < -0.4 is 0 Å². The van der Waals surface area contributed by atoms with Gasteiger partial charge >= 0.3 is 0 Å². The van der Waals surface area contributed by atoms with Crippen molar-refractivity contribution in [3.63, 3.8) is 0 Å². The SMILES string of the molecule is CCCCCCCCCCCCCCCCCC(O)CCS(=O)(=O)O. The van der Waals surface area contributed by atoms with Crippen LogP contribution in [0.25, 0.3) is 0 Å². The topological polar surface area (TPSA) is 74.6 Å². The van der Waals surface area contributed by atoms with Crippen molar-refractivity contribution in [2.75, 3.05) is 5.75 Å². The molecule has 152 valence electrons. The number of aliphatic hydroxyl groups is 1. The van der Waals surface area contributed by atoms with E-state index in [0.717, 1.165) is 12.8 Å². The average molecular weight is 379 g/mol. The molecule has 0 amide bonds. The van der Waals surface area contributed by atoms with Gasteiger partial charge in [0, 0.05) is 0 Å². The number of hydrogen-bond donors (Lipinski definition) is 2. The van der Waals surface area contributed by atoms with E-state index in [9.17, 15) is 13.5 Å². The molecule has 0 fully saturated rings. The summed E-state index contributed by atoms with van der Waals surface area (Å²) in [6.45, 7) is 2.26. The number of aliphatic hydroxyl groups excluding tert-OH is 1. The van der Waals surface area contributed by atoms with Crippen molar-refractivity contribution < 1.29 is 18.1 Å². The van der Waals surface area contributed by atoms with Crippen molar-refractivity contribution >= 4 is 10.1 Å². The van der Waals surface area contributed by atoms with Gasteiger partial charge in [-0.15, -0.1) is 0 Å². The second-order valence-electron chi connectivity index (χ2n) is 7.47. The first-order valence-corrected chi connectivity index (χ1v) is 12.2. The highest BCUT2D eigenvalue weighted by Gasteiger charge is 2.10. The van der Waals surface area contributed by atoms with Crippen molar-refractivity contribution in [3.05, 3.63) is 0 Å². The van der Waals surface area contributed by atoms with Gasteiger partial charge in [-0.1, -0.05) is 103 Å². The van der Waals surface area contributed by atoms with Crippen LogP contribution in [-0.4, -0.2) is 29.9 Å². The molecule has 0 aliphatic rings. The maximum Gasteiger partial charge on any atom is 0.264 e. The van der Waals surface area contributed by atoms with Crippen molar-refractivity contribution in [2.45, 2.75) is 122 Å². The van der Waals surface area contributed by atoms with Crippen LogP contribution in [0.3, 0.4) is 0 Å². The maximum absolute atomic E-state index is 10.6. The van der Waals surface area contributed by atoms with Gasteiger partial charge in [0.25, 0.3) is 10.1 Å². The van der Waals surface area contributed by atoms with Crippen LogP contribution in [0.5, 0.6) is 0 Å². The zero-order valence-electron chi connectivity index (χ0n) is 16.4. The number of hydrogen-bond acceptors (Lipinski definition) is 3. The van der Waals surface area contributed by atoms with Crippen LogP contribution in [0.1, 0.15) is 116 Å². The van der Waals surface area contributed by atoms with E-state index in [2.05, 4.69) is 6.92 Å². The van der Waals surface area contributed by atoms with Gasteiger partial charge in [-0.25, -0.2) is 0 Å². The van der Waals surface area contributed by atoms with E-state index >= 15 is 0 Å². The van der Waals surface area contributed by atoms with E-state index in [0.29, 0.717) is 6.42 Å². The Morgan fingerprint density at radius 3 is 1.36 bits per heavy atom. The normalized spacial score (nSPS) is 13.2. The summed E-state index contributed by atoms with van der Waals surface area (Å²) in [5.74, 6) is -0.340. The molecule has 0 radical (unpaired) electrons. The number of rotatable bonds is 19. The van der Waals surface area contributed by atoms with Gasteiger partial charge in [0.2, 0.25) is 0 Å². The molecule has 4 nitrogen and oxygen atoms in total. The van der Waals surface area contributed by atoms with Gasteiger partial charge in [-0.3, -0.25) is 4.55 Å². The lowest BCUT2D eigenvalue weighted by Crippen LogP contribution is -2.14. The van der Waals surface area contributed by atoms with Gasteiger partial charge in [-0.05, 0) is 12.8 Å². The first kappa shape index (κ1) is 24.9. The Labute approximate surface area is 156 Å². The van der Waals surface area contributed by atoms with E-state index < -0.39 is 16.2 Å². The molecule has 0 saturated carbocycles. The van der Waals surface area contributed by atoms with Crippen molar-refractivity contribution in [2.24, 2.45) is 0 Å². The van der Waals surface area contributed by atoms with Gasteiger partial charge in [0.15, 0.2) is 0 Å². The molecule has 0 aromatic rings. The van der Waals surface area contributed by atoms with Crippen LogP contribution in [0.2, 0.25) is 0 Å². The monoisotopic (exact) mass is 378 g/mol. The Bertz CT molecular complexity index is 368. The molecule has 0 saturated heterocycles. The quantitative estimate of drug-likeness (QED) is 0.217. The van der Waals surface area contributed by atoms with Crippen LogP contribution in [0.4, 0.5) is 0 Å². The fourth-order valence-electron chi connectivity index (χ4n) is 3.18. The van der Waals surface area contributed by atoms with Crippen molar-refractivity contribution in [1.82, 2.24) is 0 Å². The summed E-state index contributed by atoms with van der Waals surface area (Å²) in [5, 5.41) is 9.64. The Morgan fingerprint density at radius 1 is 0.640 bits per heavy atom. The second kappa shape index (κ2) is 17.3. The first-order chi connectivity index (χ1) is 12.0. The smallest absolute Gasteiger partial charge is 0.264 e. The largest absolute Gasteiger partial charge is 0.393 e. The Balaban J connectivity index is 3.16. The van der Waals surface area contributed by atoms with E-state index in [4.69, 9.17) is 4.55 Å². The Kier molecular flexibility index (Phi) is 17.2. The van der Waals surface area contributed by atoms with Gasteiger partial charge in [-0.2, -0.15) is 8.42 Å². The first-order valence-electron chi connectivity index (χ1n) is 10.6.